The zero-order chi connectivity index (χ0) is 46.5. The van der Waals surface area contributed by atoms with Gasteiger partial charge < -0.3 is 45.4 Å². The third-order valence-electron chi connectivity index (χ3n) is 10.9. The second-order valence-electron chi connectivity index (χ2n) is 17.2. The number of ether oxygens (including phenoxy) is 3. The molecule has 65 heavy (non-hydrogen) atoms. The number of hydrogen-bond donors (Lipinski definition) is 5. The molecule has 15 heteroatoms. The highest BCUT2D eigenvalue weighted by Crippen LogP contribution is 2.24. The molecule has 5 aromatic rings. The number of H-pyrrole nitrogens is 1. The molecule has 5 amide bonds. The zero-order valence-corrected chi connectivity index (χ0v) is 37.4. The lowest BCUT2D eigenvalue weighted by molar-refractivity contribution is -0.148. The normalized spacial score (nSPS) is 15.5. The van der Waals surface area contributed by atoms with Crippen molar-refractivity contribution >= 4 is 46.6 Å². The Bertz CT molecular complexity index is 2420. The predicted molar refractivity (Wildman–Crippen MR) is 244 cm³/mol. The summed E-state index contributed by atoms with van der Waals surface area (Å²) in [6.07, 6.45) is 2.02. The Morgan fingerprint density at radius 2 is 1.34 bits per heavy atom. The number of hydrogen-bond acceptors (Lipinski definition) is 9. The molecule has 1 aliphatic rings. The van der Waals surface area contributed by atoms with Crippen LogP contribution < -0.4 is 26.0 Å². The van der Waals surface area contributed by atoms with Crippen molar-refractivity contribution in [3.63, 3.8) is 0 Å². The summed E-state index contributed by atoms with van der Waals surface area (Å²) in [6.45, 7) is 8.78. The summed E-state index contributed by atoms with van der Waals surface area (Å²) >= 11 is 0. The molecule has 0 unspecified atom stereocenters. The van der Waals surface area contributed by atoms with Crippen LogP contribution in [0.5, 0.6) is 5.75 Å². The van der Waals surface area contributed by atoms with E-state index in [1.165, 1.54) is 18.7 Å². The lowest BCUT2D eigenvalue weighted by atomic mass is 10.0. The number of benzene rings is 4. The van der Waals surface area contributed by atoms with Crippen LogP contribution in [-0.2, 0) is 59.5 Å². The number of fused-ring (bicyclic) bond motifs is 1. The lowest BCUT2D eigenvalue weighted by Gasteiger charge is -2.30. The largest absolute Gasteiger partial charge is 0.489 e. The van der Waals surface area contributed by atoms with Gasteiger partial charge in [0, 0.05) is 36.5 Å². The Morgan fingerprint density at radius 1 is 0.692 bits per heavy atom. The molecule has 1 aromatic heterocycles. The SMILES string of the molecule is C[C@@H](NC(=O)[C@@H]1CCCN1C(=O)[C@@H](Cc1c[nH]c2ccccc12)NC(=O)OC(C)(C)C)C(=O)N[C@@H](Cc1ccc(OCc2ccccc2)cc1)C(=O)N[C@H](C)C(=O)OCc1ccccc1. The number of carbonyl (C=O) groups excluding carboxylic acids is 6. The fourth-order valence-corrected chi connectivity index (χ4v) is 7.48. The molecule has 6 rings (SSSR count). The third kappa shape index (κ3) is 13.7. The van der Waals surface area contributed by atoms with E-state index in [2.05, 4.69) is 26.3 Å². The molecule has 5 N–H and O–H groups in total. The Balaban J connectivity index is 1.12. The van der Waals surface area contributed by atoms with Crippen LogP contribution in [0.25, 0.3) is 10.9 Å². The molecule has 1 aliphatic heterocycles. The first kappa shape index (κ1) is 47.3. The average molecular weight is 887 g/mol. The number of esters is 1. The summed E-state index contributed by atoms with van der Waals surface area (Å²) < 4.78 is 16.9. The quantitative estimate of drug-likeness (QED) is 0.0691. The lowest BCUT2D eigenvalue weighted by Crippen LogP contribution is -2.58. The Hall–Kier alpha value is -7.16. The second-order valence-corrected chi connectivity index (χ2v) is 17.2. The van der Waals surface area contributed by atoms with E-state index in [9.17, 15) is 28.8 Å². The van der Waals surface area contributed by atoms with Gasteiger partial charge in [-0.15, -0.1) is 0 Å². The van der Waals surface area contributed by atoms with E-state index in [1.807, 2.05) is 84.9 Å². The van der Waals surface area contributed by atoms with E-state index in [4.69, 9.17) is 14.2 Å². The number of aromatic nitrogens is 1. The summed E-state index contributed by atoms with van der Waals surface area (Å²) in [4.78, 5) is 86.5. The summed E-state index contributed by atoms with van der Waals surface area (Å²) in [5, 5.41) is 11.8. The van der Waals surface area contributed by atoms with E-state index >= 15 is 0 Å². The van der Waals surface area contributed by atoms with Crippen molar-refractivity contribution in [2.45, 2.75) is 109 Å². The molecule has 1 fully saturated rings. The molecule has 0 bridgehead atoms. The van der Waals surface area contributed by atoms with Crippen molar-refractivity contribution in [2.24, 2.45) is 0 Å². The van der Waals surface area contributed by atoms with Crippen molar-refractivity contribution in [3.05, 3.63) is 138 Å². The maximum atomic E-state index is 14.3. The van der Waals surface area contributed by atoms with Crippen LogP contribution in [0.3, 0.4) is 0 Å². The second kappa shape index (κ2) is 22.0. The predicted octanol–water partition coefficient (Wildman–Crippen LogP) is 5.65. The molecule has 2 heterocycles. The summed E-state index contributed by atoms with van der Waals surface area (Å²) in [7, 11) is 0. The minimum Gasteiger partial charge on any atom is -0.489 e. The van der Waals surface area contributed by atoms with Crippen LogP contribution in [0.2, 0.25) is 0 Å². The van der Waals surface area contributed by atoms with Gasteiger partial charge in [-0.05, 0) is 87.9 Å². The van der Waals surface area contributed by atoms with E-state index in [1.54, 1.807) is 51.2 Å². The molecule has 342 valence electrons. The van der Waals surface area contributed by atoms with Gasteiger partial charge in [0.25, 0.3) is 0 Å². The van der Waals surface area contributed by atoms with Crippen molar-refractivity contribution in [1.82, 2.24) is 31.2 Å². The first-order chi connectivity index (χ1) is 31.1. The summed E-state index contributed by atoms with van der Waals surface area (Å²) in [5.74, 6) is -2.40. The van der Waals surface area contributed by atoms with Gasteiger partial charge in [0.1, 0.15) is 54.8 Å². The molecule has 1 saturated heterocycles. The maximum Gasteiger partial charge on any atom is 0.408 e. The van der Waals surface area contributed by atoms with Crippen LogP contribution in [-0.4, -0.2) is 87.9 Å². The van der Waals surface area contributed by atoms with Gasteiger partial charge >= 0.3 is 12.1 Å². The highest BCUT2D eigenvalue weighted by Gasteiger charge is 2.39. The van der Waals surface area contributed by atoms with E-state index < -0.39 is 71.5 Å². The van der Waals surface area contributed by atoms with Crippen LogP contribution in [0.1, 0.15) is 69.7 Å². The Morgan fingerprint density at radius 3 is 2.02 bits per heavy atom. The van der Waals surface area contributed by atoms with Gasteiger partial charge in [-0.2, -0.15) is 0 Å². The molecule has 5 atom stereocenters. The van der Waals surface area contributed by atoms with Crippen LogP contribution in [0.15, 0.2) is 115 Å². The van der Waals surface area contributed by atoms with E-state index in [0.717, 1.165) is 27.6 Å². The third-order valence-corrected chi connectivity index (χ3v) is 10.9. The molecule has 0 aliphatic carbocycles. The van der Waals surface area contributed by atoms with Crippen LogP contribution in [0.4, 0.5) is 4.79 Å². The molecular formula is C50H58N6O9. The monoisotopic (exact) mass is 886 g/mol. The van der Waals surface area contributed by atoms with Gasteiger partial charge in [0.05, 0.1) is 0 Å². The first-order valence-electron chi connectivity index (χ1n) is 21.9. The molecule has 15 nitrogen and oxygen atoms in total. The number of amides is 5. The van der Waals surface area contributed by atoms with Gasteiger partial charge in [-0.25, -0.2) is 9.59 Å². The molecule has 0 saturated carbocycles. The molecule has 4 aromatic carbocycles. The van der Waals surface area contributed by atoms with Crippen molar-refractivity contribution in [2.75, 3.05) is 6.54 Å². The molecule has 0 radical (unpaired) electrons. The zero-order valence-electron chi connectivity index (χ0n) is 37.4. The fraction of sp³-hybridized carbons (Fsp3) is 0.360. The highest BCUT2D eigenvalue weighted by atomic mass is 16.6. The number of carbonyl (C=O) groups is 6. The van der Waals surface area contributed by atoms with E-state index in [0.29, 0.717) is 30.8 Å². The van der Waals surface area contributed by atoms with Gasteiger partial charge in [-0.1, -0.05) is 91.0 Å². The highest BCUT2D eigenvalue weighted by molar-refractivity contribution is 5.96. The topological polar surface area (TPSA) is 197 Å². The molecule has 0 spiro atoms. The Labute approximate surface area is 379 Å². The van der Waals surface area contributed by atoms with Crippen molar-refractivity contribution < 1.29 is 43.0 Å². The molecular weight excluding hydrogens is 829 g/mol. The summed E-state index contributed by atoms with van der Waals surface area (Å²) in [6, 6.07) is 28.2. The van der Waals surface area contributed by atoms with Crippen molar-refractivity contribution in [1.29, 1.82) is 0 Å². The van der Waals surface area contributed by atoms with Gasteiger partial charge in [-0.3, -0.25) is 19.2 Å². The number of aromatic amines is 1. The number of nitrogens with one attached hydrogen (secondary N) is 5. The van der Waals surface area contributed by atoms with E-state index in [-0.39, 0.29) is 26.0 Å². The number of para-hydroxylation sites is 1. The number of likely N-dealkylation sites (tertiary alicyclic amines) is 1. The maximum absolute atomic E-state index is 14.3. The Kier molecular flexibility index (Phi) is 16.0. The van der Waals surface area contributed by atoms with Crippen LogP contribution >= 0.6 is 0 Å². The van der Waals surface area contributed by atoms with Gasteiger partial charge in [0.2, 0.25) is 23.6 Å². The average Bonchev–Trinajstić information content (AvgIpc) is 3.95. The minimum atomic E-state index is -1.17. The number of nitrogens with zero attached hydrogens (tertiary/aromatic N) is 1. The standard InChI is InChI=1S/C50H58N6O9/c1-32(52-46(59)43-21-14-26-56(43)47(60)42(55-49(62)65-50(3,4)5)28-37-29-51-40-20-13-12-19-39(37)40)44(57)54-41(45(58)53-33(2)48(61)64-31-36-17-10-7-11-18-36)27-34-22-24-38(25-23-34)63-30-35-15-8-6-9-16-35/h6-13,15-20,22-25,29,32-33,41-43,51H,14,21,26-28,30-31H2,1-5H3,(H,52,59)(H,53,58)(H,54,57)(H,55,62)/t32-,33-,41+,42-,43+/m1/s1. The summed E-state index contributed by atoms with van der Waals surface area (Å²) in [5.41, 5.74) is 3.32. The van der Waals surface area contributed by atoms with Crippen LogP contribution in [0, 0.1) is 0 Å². The first-order valence-corrected chi connectivity index (χ1v) is 21.9. The number of rotatable bonds is 18. The van der Waals surface area contributed by atoms with Crippen molar-refractivity contribution in [3.8, 4) is 5.75 Å². The fourth-order valence-electron chi connectivity index (χ4n) is 7.48. The van der Waals surface area contributed by atoms with Gasteiger partial charge in [0.15, 0.2) is 0 Å². The smallest absolute Gasteiger partial charge is 0.408 e. The minimum absolute atomic E-state index is 0.0188. The number of alkyl carbamates (subject to hydrolysis) is 1.